The first-order valence-electron chi connectivity index (χ1n) is 4.77. The Morgan fingerprint density at radius 2 is 2.27 bits per heavy atom. The van der Waals surface area contributed by atoms with Gasteiger partial charge < -0.3 is 10.0 Å². The van der Waals surface area contributed by atoms with E-state index in [0.717, 1.165) is 0 Å². The Morgan fingerprint density at radius 3 is 2.67 bits per heavy atom. The fourth-order valence-electron chi connectivity index (χ4n) is 1.14. The van der Waals surface area contributed by atoms with Crippen molar-refractivity contribution in [1.82, 2.24) is 14.7 Å². The maximum absolute atomic E-state index is 12.0. The summed E-state index contributed by atoms with van der Waals surface area (Å²) in [6.45, 7) is 3.54. The molecule has 0 radical (unpaired) electrons. The fourth-order valence-corrected chi connectivity index (χ4v) is 1.14. The predicted molar refractivity (Wildman–Crippen MR) is 56.5 cm³/mol. The second-order valence-corrected chi connectivity index (χ2v) is 4.17. The van der Waals surface area contributed by atoms with Crippen molar-refractivity contribution in [1.29, 1.82) is 0 Å². The van der Waals surface area contributed by atoms with E-state index in [-0.39, 0.29) is 12.5 Å². The molecule has 0 saturated heterocycles. The van der Waals surface area contributed by atoms with E-state index in [0.29, 0.717) is 5.69 Å². The number of aromatic nitrogens is 2. The van der Waals surface area contributed by atoms with Crippen molar-refractivity contribution in [3.8, 4) is 0 Å². The first-order valence-corrected chi connectivity index (χ1v) is 4.77. The molecule has 1 aromatic heterocycles. The second-order valence-electron chi connectivity index (χ2n) is 4.17. The van der Waals surface area contributed by atoms with Gasteiger partial charge in [0.15, 0.2) is 0 Å². The highest BCUT2D eigenvalue weighted by atomic mass is 16.3. The summed E-state index contributed by atoms with van der Waals surface area (Å²) in [5.74, 6) is -0.144. The highest BCUT2D eigenvalue weighted by molar-refractivity contribution is 5.92. The summed E-state index contributed by atoms with van der Waals surface area (Å²) >= 11 is 0. The molecule has 1 N–H and O–H groups in total. The van der Waals surface area contributed by atoms with Gasteiger partial charge in [0.1, 0.15) is 5.69 Å². The molecule has 0 unspecified atom stereocenters. The van der Waals surface area contributed by atoms with E-state index in [2.05, 4.69) is 5.10 Å². The van der Waals surface area contributed by atoms with Crippen LogP contribution in [-0.4, -0.2) is 44.9 Å². The van der Waals surface area contributed by atoms with Crippen LogP contribution >= 0.6 is 0 Å². The molecule has 1 heterocycles. The zero-order valence-electron chi connectivity index (χ0n) is 9.56. The summed E-state index contributed by atoms with van der Waals surface area (Å²) in [7, 11) is 3.39. The van der Waals surface area contributed by atoms with Gasteiger partial charge in [-0.25, -0.2) is 0 Å². The second kappa shape index (κ2) is 4.02. The fraction of sp³-hybridized carbons (Fsp3) is 0.600. The van der Waals surface area contributed by atoms with Crippen molar-refractivity contribution < 1.29 is 9.90 Å². The quantitative estimate of drug-likeness (QED) is 0.780. The van der Waals surface area contributed by atoms with E-state index < -0.39 is 5.54 Å². The first kappa shape index (κ1) is 11.7. The van der Waals surface area contributed by atoms with Gasteiger partial charge >= 0.3 is 0 Å². The molecule has 1 rings (SSSR count). The van der Waals surface area contributed by atoms with Crippen LogP contribution in [0.25, 0.3) is 0 Å². The molecular formula is C10H17N3O2. The molecular weight excluding hydrogens is 194 g/mol. The maximum atomic E-state index is 12.0. The lowest BCUT2D eigenvalue weighted by Crippen LogP contribution is -2.48. The molecule has 0 saturated carbocycles. The zero-order valence-corrected chi connectivity index (χ0v) is 9.56. The molecule has 15 heavy (non-hydrogen) atoms. The lowest BCUT2D eigenvalue weighted by atomic mass is 10.0. The Hall–Kier alpha value is -1.36. The number of amides is 1. The minimum atomic E-state index is -0.568. The number of likely N-dealkylation sites (N-methyl/N-ethyl adjacent to an activating group) is 1. The summed E-state index contributed by atoms with van der Waals surface area (Å²) < 4.78 is 1.52. The van der Waals surface area contributed by atoms with Crippen LogP contribution in [0.4, 0.5) is 0 Å². The number of aliphatic hydroxyl groups is 1. The summed E-state index contributed by atoms with van der Waals surface area (Å²) in [6.07, 6.45) is 1.58. The number of nitrogens with zero attached hydrogens (tertiary/aromatic N) is 3. The number of aliphatic hydroxyl groups excluding tert-OH is 1. The molecule has 5 nitrogen and oxygen atoms in total. The van der Waals surface area contributed by atoms with Gasteiger partial charge in [-0.05, 0) is 19.9 Å². The zero-order chi connectivity index (χ0) is 11.6. The van der Waals surface area contributed by atoms with Crippen molar-refractivity contribution in [2.75, 3.05) is 13.7 Å². The number of carbonyl (C=O) groups is 1. The normalized spacial score (nSPS) is 11.5. The number of hydrogen-bond donors (Lipinski definition) is 1. The first-order chi connectivity index (χ1) is 6.90. The van der Waals surface area contributed by atoms with E-state index >= 15 is 0 Å². The van der Waals surface area contributed by atoms with Gasteiger partial charge in [-0.3, -0.25) is 9.48 Å². The summed E-state index contributed by atoms with van der Waals surface area (Å²) in [4.78, 5) is 13.5. The average molecular weight is 211 g/mol. The van der Waals surface area contributed by atoms with Crippen LogP contribution < -0.4 is 0 Å². The molecule has 0 aliphatic rings. The molecule has 1 aromatic rings. The molecule has 0 aromatic carbocycles. The van der Waals surface area contributed by atoms with Crippen molar-refractivity contribution in [3.05, 3.63) is 18.0 Å². The van der Waals surface area contributed by atoms with Crippen LogP contribution in [0.1, 0.15) is 24.3 Å². The van der Waals surface area contributed by atoms with E-state index in [4.69, 9.17) is 5.11 Å². The van der Waals surface area contributed by atoms with Crippen LogP contribution in [0.2, 0.25) is 0 Å². The Labute approximate surface area is 89.3 Å². The van der Waals surface area contributed by atoms with Gasteiger partial charge in [0.25, 0.3) is 5.91 Å². The van der Waals surface area contributed by atoms with Crippen molar-refractivity contribution in [3.63, 3.8) is 0 Å². The van der Waals surface area contributed by atoms with Crippen molar-refractivity contribution in [2.45, 2.75) is 19.4 Å². The lowest BCUT2D eigenvalue weighted by molar-refractivity contribution is 0.0463. The van der Waals surface area contributed by atoms with Gasteiger partial charge in [0.05, 0.1) is 12.1 Å². The average Bonchev–Trinajstić information content (AvgIpc) is 2.62. The van der Waals surface area contributed by atoms with Crippen molar-refractivity contribution in [2.24, 2.45) is 7.05 Å². The SMILES string of the molecule is CN(C(=O)c1ccnn1C)C(C)(C)CO. The summed E-state index contributed by atoms with van der Waals surface area (Å²) in [6, 6.07) is 1.66. The number of carbonyl (C=O) groups excluding carboxylic acids is 1. The Morgan fingerprint density at radius 1 is 1.67 bits per heavy atom. The third-order valence-corrected chi connectivity index (χ3v) is 2.64. The molecule has 0 aliphatic carbocycles. The van der Waals surface area contributed by atoms with E-state index in [1.807, 2.05) is 0 Å². The minimum absolute atomic E-state index is 0.0763. The Bertz CT molecular complexity index is 357. The van der Waals surface area contributed by atoms with Gasteiger partial charge in [-0.1, -0.05) is 0 Å². The monoisotopic (exact) mass is 211 g/mol. The summed E-state index contributed by atoms with van der Waals surface area (Å²) in [5.41, 5.74) is -0.0551. The van der Waals surface area contributed by atoms with E-state index in [9.17, 15) is 4.79 Å². The van der Waals surface area contributed by atoms with E-state index in [1.54, 1.807) is 40.2 Å². The Balaban J connectivity index is 2.92. The number of hydrogen-bond acceptors (Lipinski definition) is 3. The topological polar surface area (TPSA) is 58.4 Å². The molecule has 1 amide bonds. The standard InChI is InChI=1S/C10H17N3O2/c1-10(2,7-14)12(3)9(15)8-5-6-11-13(8)4/h5-6,14H,7H2,1-4H3. The van der Waals surface area contributed by atoms with Crippen molar-refractivity contribution >= 4 is 5.91 Å². The highest BCUT2D eigenvalue weighted by Gasteiger charge is 2.28. The number of aryl methyl sites for hydroxylation is 1. The van der Waals surface area contributed by atoms with Crippen LogP contribution in [-0.2, 0) is 7.05 Å². The maximum Gasteiger partial charge on any atom is 0.272 e. The highest BCUT2D eigenvalue weighted by Crippen LogP contribution is 2.14. The van der Waals surface area contributed by atoms with Gasteiger partial charge in [0, 0.05) is 20.3 Å². The third-order valence-electron chi connectivity index (χ3n) is 2.64. The van der Waals surface area contributed by atoms with Crippen LogP contribution in [0.3, 0.4) is 0 Å². The van der Waals surface area contributed by atoms with Gasteiger partial charge in [-0.15, -0.1) is 0 Å². The molecule has 0 atom stereocenters. The Kier molecular flexibility index (Phi) is 3.14. The molecule has 0 spiro atoms. The van der Waals surface area contributed by atoms with E-state index in [1.165, 1.54) is 9.58 Å². The smallest absolute Gasteiger partial charge is 0.272 e. The van der Waals surface area contributed by atoms with Crippen LogP contribution in [0, 0.1) is 0 Å². The summed E-state index contributed by atoms with van der Waals surface area (Å²) in [5, 5.41) is 13.1. The predicted octanol–water partition coefficient (Wildman–Crippen LogP) is 0.263. The lowest BCUT2D eigenvalue weighted by Gasteiger charge is -2.33. The van der Waals surface area contributed by atoms with Gasteiger partial charge in [-0.2, -0.15) is 5.10 Å². The third kappa shape index (κ3) is 2.18. The minimum Gasteiger partial charge on any atom is -0.394 e. The molecule has 0 aliphatic heterocycles. The van der Waals surface area contributed by atoms with Gasteiger partial charge in [0.2, 0.25) is 0 Å². The molecule has 84 valence electrons. The van der Waals surface area contributed by atoms with Crippen LogP contribution in [0.5, 0.6) is 0 Å². The molecule has 0 bridgehead atoms. The van der Waals surface area contributed by atoms with Crippen LogP contribution in [0.15, 0.2) is 12.3 Å². The molecule has 5 heteroatoms. The molecule has 0 fully saturated rings. The number of rotatable bonds is 3. The largest absolute Gasteiger partial charge is 0.394 e.